The van der Waals surface area contributed by atoms with E-state index in [4.69, 9.17) is 5.26 Å². The van der Waals surface area contributed by atoms with E-state index in [-0.39, 0.29) is 11.8 Å². The van der Waals surface area contributed by atoms with Crippen LogP contribution in [0.4, 0.5) is 5.69 Å². The number of carbonyl (C=O) groups excluding carboxylic acids is 3. The van der Waals surface area contributed by atoms with Crippen LogP contribution >= 0.6 is 0 Å². The van der Waals surface area contributed by atoms with Crippen LogP contribution in [0.15, 0.2) is 24.3 Å². The Balaban J connectivity index is 2.07. The maximum atomic E-state index is 12.8. The first-order valence-electron chi connectivity index (χ1n) is 8.13. The molecule has 7 nitrogen and oxygen atoms in total. The summed E-state index contributed by atoms with van der Waals surface area (Å²) in [4.78, 5) is 40.1. The Kier molecular flexibility index (Phi) is 5.42. The van der Waals surface area contributed by atoms with Crippen LogP contribution in [-0.2, 0) is 14.4 Å². The number of para-hydroxylation sites is 1. The third-order valence-corrected chi connectivity index (χ3v) is 4.41. The Bertz CT molecular complexity index is 728. The smallest absolute Gasteiger partial charge is 0.239 e. The molecule has 0 bridgehead atoms. The average Bonchev–Trinajstić information content (AvgIpc) is 2.61. The summed E-state index contributed by atoms with van der Waals surface area (Å²) >= 11 is 0. The van der Waals surface area contributed by atoms with Gasteiger partial charge in [-0.25, -0.2) is 0 Å². The van der Waals surface area contributed by atoms with Crippen LogP contribution in [0.5, 0.6) is 0 Å². The molecule has 7 heteroatoms. The normalized spacial score (nSPS) is 14.6. The summed E-state index contributed by atoms with van der Waals surface area (Å²) in [5, 5.41) is 11.8. The molecule has 2 rings (SSSR count). The van der Waals surface area contributed by atoms with Crippen LogP contribution < -0.4 is 5.32 Å². The van der Waals surface area contributed by atoms with Gasteiger partial charge in [0.15, 0.2) is 0 Å². The highest BCUT2D eigenvalue weighted by Gasteiger charge is 2.40. The molecule has 1 aromatic carbocycles. The van der Waals surface area contributed by atoms with Crippen molar-refractivity contribution in [2.24, 2.45) is 5.41 Å². The quantitative estimate of drug-likeness (QED) is 0.836. The minimum atomic E-state index is -1.28. The van der Waals surface area contributed by atoms with E-state index < -0.39 is 11.3 Å². The summed E-state index contributed by atoms with van der Waals surface area (Å²) in [6.07, 6.45) is 0. The van der Waals surface area contributed by atoms with E-state index >= 15 is 0 Å². The van der Waals surface area contributed by atoms with Crippen LogP contribution in [0.25, 0.3) is 0 Å². The standard InChI is InChI=1S/C18H22N4O3/c1-13(23)21-8-10-22(11-9-21)17(25)18(2,3)16(24)20-15-7-5-4-6-14(15)12-19/h4-7H,8-11H2,1-3H3,(H,20,24). The molecular formula is C18H22N4O3. The third kappa shape index (κ3) is 3.97. The van der Waals surface area contributed by atoms with Gasteiger partial charge in [-0.15, -0.1) is 0 Å². The van der Waals surface area contributed by atoms with Crippen molar-refractivity contribution in [3.8, 4) is 6.07 Å². The van der Waals surface area contributed by atoms with Crippen molar-refractivity contribution >= 4 is 23.4 Å². The summed E-state index contributed by atoms with van der Waals surface area (Å²) in [5.74, 6) is -0.769. The molecule has 1 N–H and O–H groups in total. The third-order valence-electron chi connectivity index (χ3n) is 4.41. The van der Waals surface area contributed by atoms with Crippen molar-refractivity contribution in [1.82, 2.24) is 9.80 Å². The SMILES string of the molecule is CC(=O)N1CCN(C(=O)C(C)(C)C(=O)Nc2ccccc2C#N)CC1. The van der Waals surface area contributed by atoms with Gasteiger partial charge in [-0.2, -0.15) is 5.26 Å². The Morgan fingerprint density at radius 1 is 1.08 bits per heavy atom. The number of carbonyl (C=O) groups is 3. The maximum absolute atomic E-state index is 12.8. The van der Waals surface area contributed by atoms with Crippen LogP contribution in [0, 0.1) is 16.7 Å². The summed E-state index contributed by atoms with van der Waals surface area (Å²) < 4.78 is 0. The van der Waals surface area contributed by atoms with Crippen molar-refractivity contribution in [2.45, 2.75) is 20.8 Å². The first kappa shape index (κ1) is 18.5. The second-order valence-corrected chi connectivity index (χ2v) is 6.53. The molecule has 0 atom stereocenters. The topological polar surface area (TPSA) is 93.5 Å². The molecule has 1 fully saturated rings. The lowest BCUT2D eigenvalue weighted by atomic mass is 9.89. The molecule has 1 aromatic rings. The molecule has 25 heavy (non-hydrogen) atoms. The van der Waals surface area contributed by atoms with Gasteiger partial charge in [0.2, 0.25) is 17.7 Å². The molecule has 0 unspecified atom stereocenters. The van der Waals surface area contributed by atoms with Gasteiger partial charge in [0.1, 0.15) is 11.5 Å². The second-order valence-electron chi connectivity index (χ2n) is 6.53. The Labute approximate surface area is 147 Å². The molecule has 1 saturated heterocycles. The summed E-state index contributed by atoms with van der Waals surface area (Å²) in [6.45, 7) is 6.38. The largest absolute Gasteiger partial charge is 0.339 e. The van der Waals surface area contributed by atoms with Crippen LogP contribution in [0.1, 0.15) is 26.3 Å². The van der Waals surface area contributed by atoms with Crippen molar-refractivity contribution in [3.05, 3.63) is 29.8 Å². The van der Waals surface area contributed by atoms with E-state index in [1.165, 1.54) is 6.92 Å². The molecule has 0 aromatic heterocycles. The number of nitrogens with zero attached hydrogens (tertiary/aromatic N) is 3. The van der Waals surface area contributed by atoms with Crippen LogP contribution in [0.2, 0.25) is 0 Å². The number of anilines is 1. The number of piperazine rings is 1. The zero-order chi connectivity index (χ0) is 18.6. The molecule has 0 saturated carbocycles. The number of benzene rings is 1. The lowest BCUT2D eigenvalue weighted by Gasteiger charge is -2.37. The summed E-state index contributed by atoms with van der Waals surface area (Å²) in [5.41, 5.74) is -0.549. The number of hydrogen-bond acceptors (Lipinski definition) is 4. The highest BCUT2D eigenvalue weighted by molar-refractivity contribution is 6.10. The molecule has 1 aliphatic heterocycles. The summed E-state index contributed by atoms with van der Waals surface area (Å²) in [6, 6.07) is 8.66. The van der Waals surface area contributed by atoms with E-state index in [1.807, 2.05) is 6.07 Å². The van der Waals surface area contributed by atoms with E-state index in [9.17, 15) is 14.4 Å². The predicted octanol–water partition coefficient (Wildman–Crippen LogP) is 1.21. The Morgan fingerprint density at radius 3 is 2.20 bits per heavy atom. The van der Waals surface area contributed by atoms with E-state index in [2.05, 4.69) is 5.32 Å². The number of hydrogen-bond donors (Lipinski definition) is 1. The fraction of sp³-hybridized carbons (Fsp3) is 0.444. The predicted molar refractivity (Wildman–Crippen MR) is 92.4 cm³/mol. The van der Waals surface area contributed by atoms with Gasteiger partial charge >= 0.3 is 0 Å². The number of nitrogens with one attached hydrogen (secondary N) is 1. The number of amides is 3. The molecule has 0 radical (unpaired) electrons. The lowest BCUT2D eigenvalue weighted by molar-refractivity contribution is -0.149. The molecule has 0 aliphatic carbocycles. The van der Waals surface area contributed by atoms with Gasteiger partial charge in [-0.3, -0.25) is 14.4 Å². The van der Waals surface area contributed by atoms with Crippen molar-refractivity contribution in [2.75, 3.05) is 31.5 Å². The number of rotatable bonds is 3. The first-order chi connectivity index (χ1) is 11.8. The maximum Gasteiger partial charge on any atom is 0.239 e. The monoisotopic (exact) mass is 342 g/mol. The van der Waals surface area contributed by atoms with Gasteiger partial charge in [-0.05, 0) is 26.0 Å². The van der Waals surface area contributed by atoms with Crippen molar-refractivity contribution in [3.63, 3.8) is 0 Å². The van der Waals surface area contributed by atoms with Crippen LogP contribution in [0.3, 0.4) is 0 Å². The Morgan fingerprint density at radius 2 is 1.64 bits per heavy atom. The van der Waals surface area contributed by atoms with Crippen molar-refractivity contribution < 1.29 is 14.4 Å². The minimum Gasteiger partial charge on any atom is -0.339 e. The van der Waals surface area contributed by atoms with Gasteiger partial charge < -0.3 is 15.1 Å². The molecule has 132 valence electrons. The second kappa shape index (κ2) is 7.34. The van der Waals surface area contributed by atoms with E-state index in [0.717, 1.165) is 0 Å². The van der Waals surface area contributed by atoms with E-state index in [1.54, 1.807) is 47.9 Å². The fourth-order valence-electron chi connectivity index (χ4n) is 2.69. The summed E-state index contributed by atoms with van der Waals surface area (Å²) in [7, 11) is 0. The molecule has 1 heterocycles. The van der Waals surface area contributed by atoms with Crippen molar-refractivity contribution in [1.29, 1.82) is 5.26 Å². The zero-order valence-electron chi connectivity index (χ0n) is 14.7. The molecule has 3 amide bonds. The first-order valence-corrected chi connectivity index (χ1v) is 8.13. The van der Waals surface area contributed by atoms with E-state index in [0.29, 0.717) is 37.4 Å². The lowest BCUT2D eigenvalue weighted by Crippen LogP contribution is -2.55. The van der Waals surface area contributed by atoms with Gasteiger partial charge in [-0.1, -0.05) is 12.1 Å². The number of nitriles is 1. The molecular weight excluding hydrogens is 320 g/mol. The Hall–Kier alpha value is -2.88. The highest BCUT2D eigenvalue weighted by atomic mass is 16.2. The fourth-order valence-corrected chi connectivity index (χ4v) is 2.69. The van der Waals surface area contributed by atoms with Gasteiger partial charge in [0.05, 0.1) is 11.3 Å². The zero-order valence-corrected chi connectivity index (χ0v) is 14.7. The molecule has 1 aliphatic rings. The van der Waals surface area contributed by atoms with Gasteiger partial charge in [0, 0.05) is 33.1 Å². The minimum absolute atomic E-state index is 0.0165. The van der Waals surface area contributed by atoms with Gasteiger partial charge in [0.25, 0.3) is 0 Å². The average molecular weight is 342 g/mol. The van der Waals surface area contributed by atoms with Crippen LogP contribution in [-0.4, -0.2) is 53.7 Å². The molecule has 0 spiro atoms. The highest BCUT2D eigenvalue weighted by Crippen LogP contribution is 2.24.